The van der Waals surface area contributed by atoms with Gasteiger partial charge in [0.2, 0.25) is 5.91 Å². The largest absolute Gasteiger partial charge is 0.345 e. The zero-order valence-electron chi connectivity index (χ0n) is 12.1. The Morgan fingerprint density at radius 2 is 2.05 bits per heavy atom. The summed E-state index contributed by atoms with van der Waals surface area (Å²) >= 11 is 1.63. The molecule has 0 spiro atoms. The second-order valence-corrected chi connectivity index (χ2v) is 5.84. The third-order valence-corrected chi connectivity index (χ3v) is 4.26. The van der Waals surface area contributed by atoms with Gasteiger partial charge in [-0.1, -0.05) is 18.2 Å². The summed E-state index contributed by atoms with van der Waals surface area (Å²) in [6.07, 6.45) is 4.83. The van der Waals surface area contributed by atoms with Crippen LogP contribution in [0.3, 0.4) is 0 Å². The Labute approximate surface area is 132 Å². The van der Waals surface area contributed by atoms with Gasteiger partial charge in [0.15, 0.2) is 0 Å². The monoisotopic (exact) mass is 309 g/mol. The predicted molar refractivity (Wildman–Crippen MR) is 89.4 cm³/mol. The van der Waals surface area contributed by atoms with E-state index in [0.717, 1.165) is 15.9 Å². The fourth-order valence-electron chi connectivity index (χ4n) is 2.08. The molecule has 22 heavy (non-hydrogen) atoms. The average Bonchev–Trinajstić information content (AvgIpc) is 3.07. The van der Waals surface area contributed by atoms with E-state index in [0.29, 0.717) is 5.69 Å². The average molecular weight is 309 g/mol. The first-order valence-electron chi connectivity index (χ1n) is 6.96. The predicted octanol–water partition coefficient (Wildman–Crippen LogP) is 3.58. The number of fused-ring (bicyclic) bond motifs is 1. The Morgan fingerprint density at radius 1 is 1.23 bits per heavy atom. The lowest BCUT2D eigenvalue weighted by Gasteiger charge is -2.09. The molecule has 1 N–H and O–H groups in total. The summed E-state index contributed by atoms with van der Waals surface area (Å²) in [6, 6.07) is 11.6. The molecular weight excluding hydrogens is 294 g/mol. The van der Waals surface area contributed by atoms with Crippen LogP contribution in [-0.4, -0.2) is 15.9 Å². The second-order valence-electron chi connectivity index (χ2n) is 4.86. The molecule has 0 aliphatic rings. The van der Waals surface area contributed by atoms with Gasteiger partial charge in [-0.15, -0.1) is 11.3 Å². The highest BCUT2D eigenvalue weighted by atomic mass is 32.1. The zero-order chi connectivity index (χ0) is 15.4. The molecular formula is C17H15N3OS. The van der Waals surface area contributed by atoms with E-state index in [9.17, 15) is 4.79 Å². The van der Waals surface area contributed by atoms with Crippen LogP contribution in [0.2, 0.25) is 0 Å². The molecule has 1 amide bonds. The molecule has 1 aromatic carbocycles. The summed E-state index contributed by atoms with van der Waals surface area (Å²) in [7, 11) is 0. The number of aromatic nitrogens is 2. The van der Waals surface area contributed by atoms with Gasteiger partial charge in [-0.3, -0.25) is 9.78 Å². The van der Waals surface area contributed by atoms with E-state index in [1.165, 1.54) is 6.08 Å². The minimum absolute atomic E-state index is 0.000150. The fraction of sp³-hybridized carbons (Fsp3) is 0.118. The van der Waals surface area contributed by atoms with E-state index in [4.69, 9.17) is 0 Å². The number of nitrogens with one attached hydrogen (secondary N) is 1. The molecule has 0 saturated heterocycles. The number of benzene rings is 1. The van der Waals surface area contributed by atoms with Gasteiger partial charge in [-0.2, -0.15) is 0 Å². The summed E-state index contributed by atoms with van der Waals surface area (Å²) < 4.78 is 0. The fourth-order valence-corrected chi connectivity index (χ4v) is 2.82. The molecule has 5 heteroatoms. The van der Waals surface area contributed by atoms with Crippen molar-refractivity contribution < 1.29 is 4.79 Å². The Hall–Kier alpha value is -2.53. The second kappa shape index (κ2) is 6.49. The SMILES string of the molecule is C[C@@H](NC(=O)/C=C/c1cnc2ccccc2n1)c1cccs1. The molecule has 1 atom stereocenters. The summed E-state index contributed by atoms with van der Waals surface area (Å²) in [5, 5.41) is 4.92. The molecule has 0 bridgehead atoms. The maximum Gasteiger partial charge on any atom is 0.244 e. The van der Waals surface area contributed by atoms with Crippen LogP contribution in [0.1, 0.15) is 23.5 Å². The third kappa shape index (κ3) is 3.38. The van der Waals surface area contributed by atoms with Gasteiger partial charge in [-0.25, -0.2) is 4.98 Å². The molecule has 0 saturated carbocycles. The van der Waals surface area contributed by atoms with Crippen molar-refractivity contribution in [3.63, 3.8) is 0 Å². The molecule has 0 aliphatic carbocycles. The van der Waals surface area contributed by atoms with Crippen LogP contribution in [0.15, 0.2) is 54.1 Å². The summed E-state index contributed by atoms with van der Waals surface area (Å²) in [5.41, 5.74) is 2.32. The number of para-hydroxylation sites is 2. The number of hydrogen-bond acceptors (Lipinski definition) is 4. The number of carbonyl (C=O) groups excluding carboxylic acids is 1. The molecule has 4 nitrogen and oxygen atoms in total. The number of thiophene rings is 1. The lowest BCUT2D eigenvalue weighted by atomic mass is 10.2. The van der Waals surface area contributed by atoms with Crippen molar-refractivity contribution in [2.24, 2.45) is 0 Å². The minimum atomic E-state index is -0.143. The molecule has 3 rings (SSSR count). The van der Waals surface area contributed by atoms with Crippen molar-refractivity contribution >= 4 is 34.4 Å². The lowest BCUT2D eigenvalue weighted by Crippen LogP contribution is -2.23. The molecule has 0 radical (unpaired) electrons. The van der Waals surface area contributed by atoms with Crippen LogP contribution in [-0.2, 0) is 4.79 Å². The van der Waals surface area contributed by atoms with Crippen LogP contribution in [0.25, 0.3) is 17.1 Å². The van der Waals surface area contributed by atoms with E-state index in [-0.39, 0.29) is 11.9 Å². The van der Waals surface area contributed by atoms with Crippen molar-refractivity contribution in [1.29, 1.82) is 0 Å². The van der Waals surface area contributed by atoms with Gasteiger partial charge < -0.3 is 5.32 Å². The van der Waals surface area contributed by atoms with E-state index >= 15 is 0 Å². The number of carbonyl (C=O) groups is 1. The molecule has 0 fully saturated rings. The van der Waals surface area contributed by atoms with Crippen LogP contribution in [0.4, 0.5) is 0 Å². The number of nitrogens with zero attached hydrogens (tertiary/aromatic N) is 2. The van der Waals surface area contributed by atoms with E-state index in [2.05, 4.69) is 15.3 Å². The van der Waals surface area contributed by atoms with E-state index < -0.39 is 0 Å². The normalized spacial score (nSPS) is 12.6. The molecule has 0 aliphatic heterocycles. The summed E-state index contributed by atoms with van der Waals surface area (Å²) in [4.78, 5) is 21.8. The number of hydrogen-bond donors (Lipinski definition) is 1. The molecule has 2 heterocycles. The van der Waals surface area contributed by atoms with Gasteiger partial charge in [0, 0.05) is 11.0 Å². The van der Waals surface area contributed by atoms with Crippen LogP contribution in [0, 0.1) is 0 Å². The summed E-state index contributed by atoms with van der Waals surface area (Å²) in [6.45, 7) is 1.97. The van der Waals surface area contributed by atoms with Crippen LogP contribution in [0.5, 0.6) is 0 Å². The lowest BCUT2D eigenvalue weighted by molar-refractivity contribution is -0.117. The standard InChI is InChI=1S/C17H15N3OS/c1-12(16-7-4-10-22-16)19-17(21)9-8-13-11-18-14-5-2-3-6-15(14)20-13/h2-12H,1H3,(H,19,21)/b9-8+/t12-/m1/s1. The first kappa shape index (κ1) is 14.4. The highest BCUT2D eigenvalue weighted by molar-refractivity contribution is 7.10. The third-order valence-electron chi connectivity index (χ3n) is 3.20. The molecule has 110 valence electrons. The maximum atomic E-state index is 11.9. The van der Waals surface area contributed by atoms with Gasteiger partial charge in [-0.05, 0) is 36.6 Å². The maximum absolute atomic E-state index is 11.9. The number of rotatable bonds is 4. The Balaban J connectivity index is 1.68. The quantitative estimate of drug-likeness (QED) is 0.749. The Bertz CT molecular complexity index is 812. The van der Waals surface area contributed by atoms with Gasteiger partial charge >= 0.3 is 0 Å². The van der Waals surface area contributed by atoms with Gasteiger partial charge in [0.05, 0.1) is 29.0 Å². The number of amides is 1. The highest BCUT2D eigenvalue weighted by Crippen LogP contribution is 2.18. The Morgan fingerprint density at radius 3 is 2.82 bits per heavy atom. The van der Waals surface area contributed by atoms with Crippen LogP contribution >= 0.6 is 11.3 Å². The molecule has 3 aromatic rings. The zero-order valence-corrected chi connectivity index (χ0v) is 12.9. The van der Waals surface area contributed by atoms with Gasteiger partial charge in [0.25, 0.3) is 0 Å². The molecule has 0 unspecified atom stereocenters. The first-order valence-corrected chi connectivity index (χ1v) is 7.84. The van der Waals surface area contributed by atoms with Crippen molar-refractivity contribution in [3.05, 3.63) is 64.6 Å². The van der Waals surface area contributed by atoms with E-state index in [1.54, 1.807) is 23.6 Å². The first-order chi connectivity index (χ1) is 10.7. The minimum Gasteiger partial charge on any atom is -0.345 e. The van der Waals surface area contributed by atoms with Crippen molar-refractivity contribution in [3.8, 4) is 0 Å². The topological polar surface area (TPSA) is 54.9 Å². The van der Waals surface area contributed by atoms with Gasteiger partial charge in [0.1, 0.15) is 0 Å². The van der Waals surface area contributed by atoms with Crippen LogP contribution < -0.4 is 5.32 Å². The Kier molecular flexibility index (Phi) is 4.25. The van der Waals surface area contributed by atoms with Crippen molar-refractivity contribution in [1.82, 2.24) is 15.3 Å². The molecule has 2 aromatic heterocycles. The summed E-state index contributed by atoms with van der Waals surface area (Å²) in [5.74, 6) is -0.143. The van der Waals surface area contributed by atoms with Crippen molar-refractivity contribution in [2.75, 3.05) is 0 Å². The smallest absolute Gasteiger partial charge is 0.244 e. The highest BCUT2D eigenvalue weighted by Gasteiger charge is 2.07. The van der Waals surface area contributed by atoms with E-state index in [1.807, 2.05) is 48.7 Å². The van der Waals surface area contributed by atoms with Crippen molar-refractivity contribution in [2.45, 2.75) is 13.0 Å².